The molecule has 0 unspecified atom stereocenters. The molecule has 0 atom stereocenters. The lowest BCUT2D eigenvalue weighted by atomic mass is 9.89. The minimum Gasteiger partial charge on any atom is -0.292 e. The van der Waals surface area contributed by atoms with Gasteiger partial charge in [0, 0.05) is 20.3 Å². The first kappa shape index (κ1) is 36.0. The van der Waals surface area contributed by atoms with Gasteiger partial charge in [0.05, 0.1) is 15.9 Å². The fraction of sp³-hybridized carbons (Fsp3) is 0.0179. The molecule has 7 aromatic carbocycles. The first-order chi connectivity index (χ1) is 29.6. The predicted molar refractivity (Wildman–Crippen MR) is 257 cm³/mol. The number of allylic oxidation sites excluding steroid dienone is 5. The second kappa shape index (κ2) is 15.2. The topological polar surface area (TPSA) is 17.8 Å². The Bertz CT molecular complexity index is 3480. The van der Waals surface area contributed by atoms with Gasteiger partial charge in [-0.1, -0.05) is 146 Å². The summed E-state index contributed by atoms with van der Waals surface area (Å²) in [6, 6.07) is 67.7. The summed E-state index contributed by atoms with van der Waals surface area (Å²) in [5.74, 6) is 0.959. The van der Waals surface area contributed by atoms with E-state index in [0.717, 1.165) is 56.1 Å². The van der Waals surface area contributed by atoms with Gasteiger partial charge in [0.15, 0.2) is 5.82 Å². The summed E-state index contributed by atoms with van der Waals surface area (Å²) >= 11 is 3.62. The summed E-state index contributed by atoms with van der Waals surface area (Å²) in [5, 5.41) is 7.34. The van der Waals surface area contributed by atoms with Gasteiger partial charge >= 0.3 is 0 Å². The highest BCUT2D eigenvalue weighted by molar-refractivity contribution is 7.24. The Kier molecular flexibility index (Phi) is 9.15. The quantitative estimate of drug-likeness (QED) is 0.164. The number of hydrogen-bond donors (Lipinski definition) is 0. The number of thiophene rings is 2. The summed E-state index contributed by atoms with van der Waals surface area (Å²) in [7, 11) is 0. The number of aromatic nitrogens is 2. The Labute approximate surface area is 357 Å². The van der Waals surface area contributed by atoms with E-state index >= 15 is 0 Å². The Morgan fingerprint density at radius 1 is 0.500 bits per heavy atom. The zero-order valence-corrected chi connectivity index (χ0v) is 34.4. The minimum absolute atomic E-state index is 0.777. The molecule has 0 amide bonds. The van der Waals surface area contributed by atoms with Crippen LogP contribution < -0.4 is 10.4 Å². The maximum absolute atomic E-state index is 5.14. The van der Waals surface area contributed by atoms with Crippen LogP contribution in [-0.4, -0.2) is 9.55 Å². The van der Waals surface area contributed by atoms with Gasteiger partial charge in [0.1, 0.15) is 0 Å². The van der Waals surface area contributed by atoms with Crippen molar-refractivity contribution < 1.29 is 0 Å². The molecule has 0 fully saturated rings. The van der Waals surface area contributed by atoms with Gasteiger partial charge in [-0.3, -0.25) is 4.57 Å². The highest BCUT2D eigenvalue weighted by atomic mass is 32.1. The van der Waals surface area contributed by atoms with Crippen molar-refractivity contribution in [1.29, 1.82) is 0 Å². The van der Waals surface area contributed by atoms with E-state index < -0.39 is 0 Å². The van der Waals surface area contributed by atoms with Gasteiger partial charge in [-0.2, -0.15) is 0 Å². The molecule has 0 saturated heterocycles. The summed E-state index contributed by atoms with van der Waals surface area (Å²) in [4.78, 5) is 9.93. The van der Waals surface area contributed by atoms with E-state index in [4.69, 9.17) is 11.6 Å². The standard InChI is InChI=1S/C56H38N2S2/c1-37-34-43(51-30-31-52(59-51)53-32-33-54(60-53)56-57-49-24-11-12-25-50(49)58(56)45-19-3-2-4-20-45)18-13-23-46(42-28-26-38-14-5-7-16-40(38)35-42)47-21-9-10-22-48(47)55(37)44-29-27-39-15-6-8-17-41(39)36-44/h2-22,24-36H,1,23H2/b18-13-,43-34+,47-46+,55-48+. The zero-order valence-electron chi connectivity index (χ0n) is 32.8. The summed E-state index contributed by atoms with van der Waals surface area (Å²) in [6.07, 6.45) is 7.70. The summed E-state index contributed by atoms with van der Waals surface area (Å²) in [5.41, 5.74) is 10.1. The fourth-order valence-corrected chi connectivity index (χ4v) is 10.7. The van der Waals surface area contributed by atoms with Crippen LogP contribution in [0.4, 0.5) is 0 Å². The highest BCUT2D eigenvalue weighted by Crippen LogP contribution is 2.41. The van der Waals surface area contributed by atoms with Crippen LogP contribution in [0.5, 0.6) is 0 Å². The van der Waals surface area contributed by atoms with Crippen LogP contribution in [-0.2, 0) is 0 Å². The molecule has 11 rings (SSSR count). The van der Waals surface area contributed by atoms with Crippen molar-refractivity contribution in [2.24, 2.45) is 0 Å². The molecule has 3 aromatic heterocycles. The monoisotopic (exact) mass is 802 g/mol. The molecular weight excluding hydrogens is 765 g/mol. The second-order valence-corrected chi connectivity index (χ2v) is 17.3. The van der Waals surface area contributed by atoms with E-state index in [0.29, 0.717) is 0 Å². The highest BCUT2D eigenvalue weighted by Gasteiger charge is 2.18. The van der Waals surface area contributed by atoms with Crippen LogP contribution in [0.25, 0.3) is 75.4 Å². The van der Waals surface area contributed by atoms with Crippen molar-refractivity contribution in [3.05, 3.63) is 245 Å². The van der Waals surface area contributed by atoms with Crippen molar-refractivity contribution in [3.8, 4) is 26.1 Å². The minimum atomic E-state index is 0.777. The van der Waals surface area contributed by atoms with Crippen molar-refractivity contribution in [2.75, 3.05) is 0 Å². The van der Waals surface area contributed by atoms with Gasteiger partial charge in [0.2, 0.25) is 0 Å². The van der Waals surface area contributed by atoms with Crippen molar-refractivity contribution in [1.82, 2.24) is 9.55 Å². The lowest BCUT2D eigenvalue weighted by Gasteiger charge is -2.15. The van der Waals surface area contributed by atoms with E-state index in [-0.39, 0.29) is 0 Å². The molecule has 1 aliphatic carbocycles. The molecular formula is C56H38N2S2. The van der Waals surface area contributed by atoms with Crippen LogP contribution in [0.2, 0.25) is 0 Å². The number of rotatable bonds is 6. The van der Waals surface area contributed by atoms with Crippen molar-refractivity contribution in [3.63, 3.8) is 0 Å². The van der Waals surface area contributed by atoms with Crippen LogP contribution in [0, 0.1) is 0 Å². The number of fused-ring (bicyclic) bond motifs is 4. The molecule has 60 heavy (non-hydrogen) atoms. The molecule has 0 radical (unpaired) electrons. The van der Waals surface area contributed by atoms with Gasteiger partial charge in [-0.15, -0.1) is 22.7 Å². The maximum atomic E-state index is 5.14. The lowest BCUT2D eigenvalue weighted by molar-refractivity contribution is 1.11. The number of imidazole rings is 1. The van der Waals surface area contributed by atoms with E-state index in [9.17, 15) is 0 Å². The third-order valence-corrected chi connectivity index (χ3v) is 13.9. The number of hydrogen-bond acceptors (Lipinski definition) is 3. The van der Waals surface area contributed by atoms with Gasteiger partial charge in [-0.05, 0) is 139 Å². The first-order valence-electron chi connectivity index (χ1n) is 20.3. The molecule has 0 spiro atoms. The van der Waals surface area contributed by atoms with Crippen LogP contribution in [0.1, 0.15) is 22.4 Å². The zero-order chi connectivity index (χ0) is 40.0. The molecule has 0 N–H and O–H groups in total. The van der Waals surface area contributed by atoms with Crippen LogP contribution in [0.3, 0.4) is 0 Å². The smallest absolute Gasteiger partial charge is 0.155 e. The molecule has 3 heterocycles. The Balaban J connectivity index is 1.04. The Morgan fingerprint density at radius 3 is 1.85 bits per heavy atom. The van der Waals surface area contributed by atoms with Gasteiger partial charge < -0.3 is 0 Å². The number of nitrogens with zero attached hydrogens (tertiary/aromatic N) is 2. The average molecular weight is 803 g/mol. The maximum Gasteiger partial charge on any atom is 0.155 e. The van der Waals surface area contributed by atoms with E-state index in [1.807, 2.05) is 11.3 Å². The lowest BCUT2D eigenvalue weighted by Crippen LogP contribution is -2.30. The molecule has 1 aliphatic rings. The normalized spacial score (nSPS) is 16.5. The van der Waals surface area contributed by atoms with Crippen LogP contribution >= 0.6 is 22.7 Å². The molecule has 0 bridgehead atoms. The Morgan fingerprint density at radius 2 is 1.08 bits per heavy atom. The fourth-order valence-electron chi connectivity index (χ4n) is 8.59. The summed E-state index contributed by atoms with van der Waals surface area (Å²) < 4.78 is 2.27. The van der Waals surface area contributed by atoms with E-state index in [1.165, 1.54) is 57.8 Å². The van der Waals surface area contributed by atoms with Gasteiger partial charge in [-0.25, -0.2) is 4.98 Å². The predicted octanol–water partition coefficient (Wildman–Crippen LogP) is 13.8. The largest absolute Gasteiger partial charge is 0.292 e. The van der Waals surface area contributed by atoms with Crippen molar-refractivity contribution in [2.45, 2.75) is 6.42 Å². The molecule has 284 valence electrons. The first-order valence-corrected chi connectivity index (χ1v) is 21.9. The Hall–Kier alpha value is -7.11. The third-order valence-electron chi connectivity index (χ3n) is 11.5. The SMILES string of the molecule is C=C1/C=C(c2ccc(-c3ccc(-c4nc5ccccc5n4-c4ccccc4)s3)s2)\C=C/C/C(c2ccc3ccccc3c2)=c2/cccc/c2=C/1c1ccc2ccccc2c1. The molecule has 2 nitrogen and oxygen atoms in total. The molecule has 0 saturated carbocycles. The van der Waals surface area contributed by atoms with Crippen molar-refractivity contribution >= 4 is 72.0 Å². The molecule has 4 heteroatoms. The van der Waals surface area contributed by atoms with E-state index in [2.05, 4.69) is 211 Å². The van der Waals surface area contributed by atoms with E-state index in [1.54, 1.807) is 11.3 Å². The number of para-hydroxylation sites is 3. The average Bonchev–Trinajstić information content (AvgIpc) is 4.08. The molecule has 0 aliphatic heterocycles. The van der Waals surface area contributed by atoms with Gasteiger partial charge in [0.25, 0.3) is 0 Å². The summed E-state index contributed by atoms with van der Waals surface area (Å²) in [6.45, 7) is 4.83. The number of benzene rings is 7. The third kappa shape index (κ3) is 6.57. The van der Waals surface area contributed by atoms with Crippen LogP contribution in [0.15, 0.2) is 218 Å². The molecule has 10 aromatic rings. The second-order valence-electron chi connectivity index (χ2n) is 15.2.